The number of esters is 1. The lowest BCUT2D eigenvalue weighted by Crippen LogP contribution is -2.53. The molecule has 1 aliphatic carbocycles. The summed E-state index contributed by atoms with van der Waals surface area (Å²) >= 11 is 0. The maximum Gasteiger partial charge on any atom is 0.408 e. The number of alkyl carbamates (subject to hydrolysis) is 1. The first-order valence-corrected chi connectivity index (χ1v) is 12.1. The Balaban J connectivity index is 2.13. The summed E-state index contributed by atoms with van der Waals surface area (Å²) in [5.41, 5.74) is -0.883. The van der Waals surface area contributed by atoms with Crippen LogP contribution in [0.5, 0.6) is 0 Å². The van der Waals surface area contributed by atoms with Crippen molar-refractivity contribution in [3.63, 3.8) is 0 Å². The van der Waals surface area contributed by atoms with Crippen LogP contribution in [0.3, 0.4) is 0 Å². The minimum atomic E-state index is -0.883. The van der Waals surface area contributed by atoms with Crippen LogP contribution >= 0.6 is 0 Å². The molecule has 0 unspecified atom stereocenters. The molecule has 170 valence electrons. The van der Waals surface area contributed by atoms with Crippen molar-refractivity contribution >= 4 is 12.1 Å². The molecule has 0 atom stereocenters. The van der Waals surface area contributed by atoms with Crippen LogP contribution in [-0.2, 0) is 14.3 Å². The lowest BCUT2D eigenvalue weighted by atomic mass is 9.98. The van der Waals surface area contributed by atoms with Gasteiger partial charge in [-0.15, -0.1) is 0 Å². The van der Waals surface area contributed by atoms with E-state index in [9.17, 15) is 9.59 Å². The standard InChI is InChI=1S/C24H45NO4/c1-4-5-6-7-8-9-10-11-12-13-16-19-28-22(26)24(17-14-15-18-24)25-23(27)29-20-21(2)3/h21H,4-20H2,1-3H3,(H,25,27). The van der Waals surface area contributed by atoms with Gasteiger partial charge in [0.1, 0.15) is 5.54 Å². The second kappa shape index (κ2) is 15.6. The Labute approximate surface area is 178 Å². The number of ether oxygens (including phenoxy) is 2. The predicted molar refractivity (Wildman–Crippen MR) is 118 cm³/mol. The fraction of sp³-hybridized carbons (Fsp3) is 0.917. The largest absolute Gasteiger partial charge is 0.464 e. The lowest BCUT2D eigenvalue weighted by molar-refractivity contribution is -0.151. The Morgan fingerprint density at radius 2 is 1.34 bits per heavy atom. The first-order valence-electron chi connectivity index (χ1n) is 12.1. The van der Waals surface area contributed by atoms with Gasteiger partial charge < -0.3 is 14.8 Å². The highest BCUT2D eigenvalue weighted by atomic mass is 16.6. The van der Waals surface area contributed by atoms with Crippen LogP contribution in [0.25, 0.3) is 0 Å². The molecule has 0 aliphatic heterocycles. The van der Waals surface area contributed by atoms with E-state index in [0.717, 1.165) is 25.7 Å². The van der Waals surface area contributed by atoms with E-state index >= 15 is 0 Å². The van der Waals surface area contributed by atoms with Gasteiger partial charge in [-0.25, -0.2) is 9.59 Å². The Hall–Kier alpha value is -1.26. The zero-order valence-electron chi connectivity index (χ0n) is 19.2. The number of hydrogen-bond donors (Lipinski definition) is 1. The molecule has 0 saturated heterocycles. The summed E-state index contributed by atoms with van der Waals surface area (Å²) in [7, 11) is 0. The van der Waals surface area contributed by atoms with Crippen molar-refractivity contribution in [1.82, 2.24) is 5.32 Å². The summed E-state index contributed by atoms with van der Waals surface area (Å²) in [5, 5.41) is 2.81. The molecule has 29 heavy (non-hydrogen) atoms. The van der Waals surface area contributed by atoms with E-state index in [1.165, 1.54) is 57.8 Å². The van der Waals surface area contributed by atoms with Crippen molar-refractivity contribution < 1.29 is 19.1 Å². The van der Waals surface area contributed by atoms with E-state index in [1.807, 2.05) is 13.8 Å². The number of nitrogens with one attached hydrogen (secondary N) is 1. The molecule has 5 heteroatoms. The van der Waals surface area contributed by atoms with Crippen LogP contribution in [0, 0.1) is 5.92 Å². The maximum absolute atomic E-state index is 12.6. The predicted octanol–water partition coefficient (Wildman–Crippen LogP) is 6.54. The summed E-state index contributed by atoms with van der Waals surface area (Å²) in [6.07, 6.45) is 16.6. The molecule has 1 fully saturated rings. The van der Waals surface area contributed by atoms with Gasteiger partial charge in [-0.3, -0.25) is 0 Å². The van der Waals surface area contributed by atoms with Crippen molar-refractivity contribution in [2.75, 3.05) is 13.2 Å². The molecular weight excluding hydrogens is 366 g/mol. The summed E-state index contributed by atoms with van der Waals surface area (Å²) in [4.78, 5) is 24.7. The number of rotatable bonds is 16. The Morgan fingerprint density at radius 3 is 1.86 bits per heavy atom. The van der Waals surface area contributed by atoms with Gasteiger partial charge in [0.05, 0.1) is 13.2 Å². The molecule has 1 amide bonds. The lowest BCUT2D eigenvalue weighted by Gasteiger charge is -2.27. The first kappa shape index (κ1) is 25.8. The van der Waals surface area contributed by atoms with E-state index < -0.39 is 11.6 Å². The molecule has 0 aromatic rings. The number of carbonyl (C=O) groups is 2. The maximum atomic E-state index is 12.6. The molecular formula is C24H45NO4. The molecule has 0 aromatic heterocycles. The van der Waals surface area contributed by atoms with Crippen molar-refractivity contribution in [2.24, 2.45) is 5.92 Å². The summed E-state index contributed by atoms with van der Waals surface area (Å²) in [6.45, 7) is 7.03. The van der Waals surface area contributed by atoms with E-state index in [2.05, 4.69) is 12.2 Å². The molecule has 0 radical (unpaired) electrons. The molecule has 1 aliphatic rings. The minimum Gasteiger partial charge on any atom is -0.464 e. The van der Waals surface area contributed by atoms with Crippen molar-refractivity contribution in [3.8, 4) is 0 Å². The average Bonchev–Trinajstić information content (AvgIpc) is 3.16. The molecule has 5 nitrogen and oxygen atoms in total. The van der Waals surface area contributed by atoms with Crippen LogP contribution in [0.2, 0.25) is 0 Å². The van der Waals surface area contributed by atoms with Gasteiger partial charge in [-0.05, 0) is 25.2 Å². The zero-order valence-corrected chi connectivity index (χ0v) is 19.2. The number of carbonyl (C=O) groups excluding carboxylic acids is 2. The number of unbranched alkanes of at least 4 members (excludes halogenated alkanes) is 10. The third kappa shape index (κ3) is 11.5. The SMILES string of the molecule is CCCCCCCCCCCCCOC(=O)C1(NC(=O)OCC(C)C)CCCC1. The third-order valence-corrected chi connectivity index (χ3v) is 5.72. The molecule has 0 aromatic carbocycles. The topological polar surface area (TPSA) is 64.6 Å². The van der Waals surface area contributed by atoms with Gasteiger partial charge in [-0.2, -0.15) is 0 Å². The fourth-order valence-electron chi connectivity index (χ4n) is 3.90. The molecule has 1 rings (SSSR count). The Kier molecular flexibility index (Phi) is 13.8. The van der Waals surface area contributed by atoms with E-state index in [0.29, 0.717) is 26.1 Å². The average molecular weight is 412 g/mol. The highest BCUT2D eigenvalue weighted by Crippen LogP contribution is 2.31. The van der Waals surface area contributed by atoms with Crippen molar-refractivity contribution in [1.29, 1.82) is 0 Å². The Bertz CT molecular complexity index is 444. The molecule has 1 saturated carbocycles. The van der Waals surface area contributed by atoms with Crippen LogP contribution in [-0.4, -0.2) is 30.8 Å². The Morgan fingerprint density at radius 1 is 0.828 bits per heavy atom. The van der Waals surface area contributed by atoms with Crippen molar-refractivity contribution in [2.45, 2.75) is 123 Å². The summed E-state index contributed by atoms with van der Waals surface area (Å²) < 4.78 is 10.7. The van der Waals surface area contributed by atoms with E-state index in [1.54, 1.807) is 0 Å². The van der Waals surface area contributed by atoms with Gasteiger partial charge in [0.25, 0.3) is 0 Å². The second-order valence-corrected chi connectivity index (χ2v) is 9.08. The van der Waals surface area contributed by atoms with Gasteiger partial charge in [0, 0.05) is 0 Å². The van der Waals surface area contributed by atoms with Crippen LogP contribution in [0.4, 0.5) is 4.79 Å². The molecule has 0 bridgehead atoms. The second-order valence-electron chi connectivity index (χ2n) is 9.08. The van der Waals surface area contributed by atoms with Gasteiger partial charge in [-0.1, -0.05) is 97.8 Å². The number of hydrogen-bond acceptors (Lipinski definition) is 4. The van der Waals surface area contributed by atoms with Gasteiger partial charge in [0.15, 0.2) is 0 Å². The normalized spacial score (nSPS) is 15.4. The quantitative estimate of drug-likeness (QED) is 0.231. The minimum absolute atomic E-state index is 0.272. The summed E-state index contributed by atoms with van der Waals surface area (Å²) in [5.74, 6) is -0.0168. The van der Waals surface area contributed by atoms with E-state index in [-0.39, 0.29) is 11.9 Å². The number of amides is 1. The zero-order chi connectivity index (χ0) is 21.4. The molecule has 1 N–H and O–H groups in total. The summed E-state index contributed by atoms with van der Waals surface area (Å²) in [6, 6.07) is 0. The smallest absolute Gasteiger partial charge is 0.408 e. The van der Waals surface area contributed by atoms with E-state index in [4.69, 9.17) is 9.47 Å². The van der Waals surface area contributed by atoms with Gasteiger partial charge >= 0.3 is 12.1 Å². The highest BCUT2D eigenvalue weighted by Gasteiger charge is 2.44. The first-order chi connectivity index (χ1) is 14.0. The molecule has 0 spiro atoms. The van der Waals surface area contributed by atoms with Crippen LogP contribution < -0.4 is 5.32 Å². The fourth-order valence-corrected chi connectivity index (χ4v) is 3.90. The van der Waals surface area contributed by atoms with Crippen LogP contribution in [0.15, 0.2) is 0 Å². The van der Waals surface area contributed by atoms with Crippen LogP contribution in [0.1, 0.15) is 117 Å². The molecule has 0 heterocycles. The van der Waals surface area contributed by atoms with Crippen molar-refractivity contribution in [3.05, 3.63) is 0 Å². The highest BCUT2D eigenvalue weighted by molar-refractivity contribution is 5.86. The van der Waals surface area contributed by atoms with Gasteiger partial charge in [0.2, 0.25) is 0 Å². The third-order valence-electron chi connectivity index (χ3n) is 5.72. The monoisotopic (exact) mass is 411 g/mol.